The summed E-state index contributed by atoms with van der Waals surface area (Å²) >= 11 is 1.65. The first-order chi connectivity index (χ1) is 9.52. The number of carbonyl (C=O) groups is 2. The number of benzene rings is 1. The monoisotopic (exact) mass is 296 g/mol. The van der Waals surface area contributed by atoms with Crippen molar-refractivity contribution in [2.24, 2.45) is 5.73 Å². The van der Waals surface area contributed by atoms with E-state index >= 15 is 0 Å². The Hall–Kier alpha value is -1.53. The normalized spacial score (nSPS) is 11.9. The molecule has 0 radical (unpaired) electrons. The van der Waals surface area contributed by atoms with E-state index in [-0.39, 0.29) is 12.3 Å². The summed E-state index contributed by atoms with van der Waals surface area (Å²) < 4.78 is 0. The minimum atomic E-state index is -0.835. The van der Waals surface area contributed by atoms with E-state index in [0.717, 1.165) is 11.3 Å². The minimum absolute atomic E-state index is 0.0740. The molecular formula is C14H20N2O3S. The van der Waals surface area contributed by atoms with E-state index in [9.17, 15) is 9.59 Å². The number of amides is 1. The van der Waals surface area contributed by atoms with Gasteiger partial charge < -0.3 is 16.2 Å². The summed E-state index contributed by atoms with van der Waals surface area (Å²) in [5, 5.41) is 11.4. The molecule has 0 saturated carbocycles. The van der Waals surface area contributed by atoms with Crippen LogP contribution < -0.4 is 11.1 Å². The SMILES string of the molecule is CSCC[C@H](N)C(=O)Nc1cccc(CCC(=O)O)c1. The number of carboxylic acid groups (broad SMARTS) is 1. The first-order valence-electron chi connectivity index (χ1n) is 6.39. The summed E-state index contributed by atoms with van der Waals surface area (Å²) in [6.07, 6.45) is 3.12. The molecule has 20 heavy (non-hydrogen) atoms. The number of aryl methyl sites for hydroxylation is 1. The van der Waals surface area contributed by atoms with E-state index in [1.165, 1.54) is 0 Å². The molecule has 1 aromatic rings. The number of aliphatic carboxylic acids is 1. The number of carboxylic acids is 1. The molecule has 0 bridgehead atoms. The molecule has 0 aliphatic rings. The highest BCUT2D eigenvalue weighted by atomic mass is 32.2. The number of nitrogens with two attached hydrogens (primary N) is 1. The summed E-state index contributed by atoms with van der Waals surface area (Å²) in [7, 11) is 0. The molecule has 1 amide bonds. The maximum absolute atomic E-state index is 11.9. The van der Waals surface area contributed by atoms with Crippen LogP contribution in [-0.4, -0.2) is 35.0 Å². The van der Waals surface area contributed by atoms with E-state index in [1.54, 1.807) is 30.0 Å². The third kappa shape index (κ3) is 6.08. The zero-order valence-electron chi connectivity index (χ0n) is 11.5. The smallest absolute Gasteiger partial charge is 0.303 e. The number of carbonyl (C=O) groups excluding carboxylic acids is 1. The van der Waals surface area contributed by atoms with Crippen LogP contribution in [0.4, 0.5) is 5.69 Å². The molecule has 1 atom stereocenters. The second-order valence-electron chi connectivity index (χ2n) is 4.47. The molecule has 5 nitrogen and oxygen atoms in total. The number of thioether (sulfide) groups is 1. The highest BCUT2D eigenvalue weighted by Crippen LogP contribution is 2.13. The number of anilines is 1. The lowest BCUT2D eigenvalue weighted by molar-refractivity contribution is -0.137. The summed E-state index contributed by atoms with van der Waals surface area (Å²) in [5.41, 5.74) is 7.31. The van der Waals surface area contributed by atoms with Crippen LogP contribution in [0.1, 0.15) is 18.4 Å². The van der Waals surface area contributed by atoms with Crippen LogP contribution in [0.15, 0.2) is 24.3 Å². The molecule has 4 N–H and O–H groups in total. The van der Waals surface area contributed by atoms with Crippen molar-refractivity contribution >= 4 is 29.3 Å². The Bertz CT molecular complexity index is 465. The van der Waals surface area contributed by atoms with Crippen molar-refractivity contribution in [1.29, 1.82) is 0 Å². The fourth-order valence-corrected chi connectivity index (χ4v) is 2.16. The molecule has 0 saturated heterocycles. The van der Waals surface area contributed by atoms with Gasteiger partial charge in [0.2, 0.25) is 5.91 Å². The maximum atomic E-state index is 11.9. The fourth-order valence-electron chi connectivity index (χ4n) is 1.67. The molecule has 0 aliphatic heterocycles. The minimum Gasteiger partial charge on any atom is -0.481 e. The lowest BCUT2D eigenvalue weighted by Crippen LogP contribution is -2.36. The molecule has 0 unspecified atom stereocenters. The summed E-state index contributed by atoms with van der Waals surface area (Å²) in [6, 6.07) is 6.66. The molecule has 0 fully saturated rings. The third-order valence-corrected chi connectivity index (χ3v) is 3.44. The topological polar surface area (TPSA) is 92.4 Å². The van der Waals surface area contributed by atoms with Gasteiger partial charge in [-0.25, -0.2) is 0 Å². The fraction of sp³-hybridized carbons (Fsp3) is 0.429. The van der Waals surface area contributed by atoms with Crippen molar-refractivity contribution in [2.45, 2.75) is 25.3 Å². The van der Waals surface area contributed by atoms with Gasteiger partial charge in [-0.05, 0) is 42.5 Å². The van der Waals surface area contributed by atoms with Gasteiger partial charge in [0.15, 0.2) is 0 Å². The molecule has 1 aromatic carbocycles. The second-order valence-corrected chi connectivity index (χ2v) is 5.46. The highest BCUT2D eigenvalue weighted by molar-refractivity contribution is 7.98. The van der Waals surface area contributed by atoms with E-state index in [0.29, 0.717) is 18.5 Å². The van der Waals surface area contributed by atoms with Gasteiger partial charge in [0.25, 0.3) is 0 Å². The average Bonchev–Trinajstić information content (AvgIpc) is 2.42. The average molecular weight is 296 g/mol. The number of hydrogen-bond donors (Lipinski definition) is 3. The molecule has 1 rings (SSSR count). The van der Waals surface area contributed by atoms with Crippen molar-refractivity contribution in [3.8, 4) is 0 Å². The van der Waals surface area contributed by atoms with Gasteiger partial charge in [-0.1, -0.05) is 12.1 Å². The first-order valence-corrected chi connectivity index (χ1v) is 7.78. The lowest BCUT2D eigenvalue weighted by atomic mass is 10.1. The van der Waals surface area contributed by atoms with Crippen LogP contribution in [0.25, 0.3) is 0 Å². The van der Waals surface area contributed by atoms with Gasteiger partial charge in [0.05, 0.1) is 6.04 Å². The Morgan fingerprint density at radius 2 is 2.20 bits per heavy atom. The van der Waals surface area contributed by atoms with Gasteiger partial charge in [-0.15, -0.1) is 0 Å². The predicted octanol–water partition coefficient (Wildman–Crippen LogP) is 1.72. The highest BCUT2D eigenvalue weighted by Gasteiger charge is 2.13. The second kappa shape index (κ2) is 8.60. The molecule has 0 aliphatic carbocycles. The van der Waals surface area contributed by atoms with Gasteiger partial charge in [-0.2, -0.15) is 11.8 Å². The van der Waals surface area contributed by atoms with Gasteiger partial charge >= 0.3 is 5.97 Å². The van der Waals surface area contributed by atoms with E-state index in [2.05, 4.69) is 5.32 Å². The summed E-state index contributed by atoms with van der Waals surface area (Å²) in [5.74, 6) is -0.208. The van der Waals surface area contributed by atoms with Crippen LogP contribution in [0.5, 0.6) is 0 Å². The van der Waals surface area contributed by atoms with Crippen LogP contribution in [0, 0.1) is 0 Å². The predicted molar refractivity (Wildman–Crippen MR) is 82.0 cm³/mol. The molecule has 0 heterocycles. The van der Waals surface area contributed by atoms with Gasteiger partial charge in [0.1, 0.15) is 0 Å². The van der Waals surface area contributed by atoms with Crippen LogP contribution in [0.2, 0.25) is 0 Å². The number of hydrogen-bond acceptors (Lipinski definition) is 4. The van der Waals surface area contributed by atoms with Gasteiger partial charge in [-0.3, -0.25) is 9.59 Å². The van der Waals surface area contributed by atoms with Crippen molar-refractivity contribution in [3.63, 3.8) is 0 Å². The quantitative estimate of drug-likeness (QED) is 0.679. The largest absolute Gasteiger partial charge is 0.481 e. The molecule has 0 aromatic heterocycles. The lowest BCUT2D eigenvalue weighted by Gasteiger charge is -2.12. The Labute approximate surface area is 122 Å². The first kappa shape index (κ1) is 16.5. The van der Waals surface area contributed by atoms with Crippen molar-refractivity contribution in [1.82, 2.24) is 0 Å². The van der Waals surface area contributed by atoms with Crippen LogP contribution in [-0.2, 0) is 16.0 Å². The standard InChI is InChI=1S/C14H20N2O3S/c1-20-8-7-12(15)14(19)16-11-4-2-3-10(9-11)5-6-13(17)18/h2-4,9,12H,5-8,15H2,1H3,(H,16,19)(H,17,18)/t12-/m0/s1. The summed E-state index contributed by atoms with van der Waals surface area (Å²) in [4.78, 5) is 22.4. The van der Waals surface area contributed by atoms with Gasteiger partial charge in [0, 0.05) is 12.1 Å². The number of nitrogens with one attached hydrogen (secondary N) is 1. The Morgan fingerprint density at radius 1 is 1.45 bits per heavy atom. The molecule has 110 valence electrons. The number of rotatable bonds is 8. The third-order valence-electron chi connectivity index (χ3n) is 2.79. The molecule has 0 spiro atoms. The Kier molecular flexibility index (Phi) is 7.11. The zero-order chi connectivity index (χ0) is 15.0. The molecule has 6 heteroatoms. The maximum Gasteiger partial charge on any atom is 0.303 e. The van der Waals surface area contributed by atoms with Crippen molar-refractivity contribution < 1.29 is 14.7 Å². The Morgan fingerprint density at radius 3 is 2.85 bits per heavy atom. The molecular weight excluding hydrogens is 276 g/mol. The Balaban J connectivity index is 2.56. The van der Waals surface area contributed by atoms with Crippen LogP contribution in [0.3, 0.4) is 0 Å². The van der Waals surface area contributed by atoms with E-state index in [4.69, 9.17) is 10.8 Å². The summed E-state index contributed by atoms with van der Waals surface area (Å²) in [6.45, 7) is 0. The van der Waals surface area contributed by atoms with E-state index < -0.39 is 12.0 Å². The van der Waals surface area contributed by atoms with Crippen molar-refractivity contribution in [3.05, 3.63) is 29.8 Å². The zero-order valence-corrected chi connectivity index (χ0v) is 12.3. The van der Waals surface area contributed by atoms with Crippen molar-refractivity contribution in [2.75, 3.05) is 17.3 Å². The van der Waals surface area contributed by atoms with Crippen LogP contribution >= 0.6 is 11.8 Å². The van der Waals surface area contributed by atoms with E-state index in [1.807, 2.05) is 12.3 Å².